The Balaban J connectivity index is 1.77. The number of nitro groups is 1. The lowest BCUT2D eigenvalue weighted by Crippen LogP contribution is -2.35. The fourth-order valence-corrected chi connectivity index (χ4v) is 4.46. The maximum atomic E-state index is 13.0. The number of aryl methyl sites for hydroxylation is 2. The Labute approximate surface area is 200 Å². The number of methoxy groups -OCH3 is 1. The highest BCUT2D eigenvalue weighted by atomic mass is 35.5. The van der Waals surface area contributed by atoms with Gasteiger partial charge in [0, 0.05) is 25.7 Å². The van der Waals surface area contributed by atoms with Crippen LogP contribution in [0.25, 0.3) is 0 Å². The molecule has 2 amide bonds. The van der Waals surface area contributed by atoms with Crippen LogP contribution in [-0.4, -0.2) is 52.3 Å². The molecule has 1 saturated heterocycles. The first kappa shape index (κ1) is 24.7. The first-order valence-electron chi connectivity index (χ1n) is 10.1. The van der Waals surface area contributed by atoms with Gasteiger partial charge in [-0.3, -0.25) is 24.6 Å². The van der Waals surface area contributed by atoms with Crippen molar-refractivity contribution >= 4 is 57.4 Å². The van der Waals surface area contributed by atoms with Gasteiger partial charge in [-0.05, 0) is 43.2 Å². The molecule has 1 unspecified atom stereocenters. The zero-order chi connectivity index (χ0) is 24.1. The van der Waals surface area contributed by atoms with Gasteiger partial charge >= 0.3 is 0 Å². The summed E-state index contributed by atoms with van der Waals surface area (Å²) in [6.07, 6.45) is -0.141. The van der Waals surface area contributed by atoms with Crippen molar-refractivity contribution in [2.24, 2.45) is 4.99 Å². The van der Waals surface area contributed by atoms with E-state index < -0.39 is 16.1 Å². The van der Waals surface area contributed by atoms with Gasteiger partial charge in [-0.2, -0.15) is 0 Å². The van der Waals surface area contributed by atoms with E-state index in [1.54, 1.807) is 7.11 Å². The SMILES string of the molecule is COCCN1C(=O)C(CC(=O)Nc2cc([N+](=O)[O-])ccc2Cl)SC1=Nc1ccc(C)c(C)c1. The van der Waals surface area contributed by atoms with Crippen molar-refractivity contribution in [3.8, 4) is 0 Å². The van der Waals surface area contributed by atoms with Gasteiger partial charge in [0.1, 0.15) is 5.25 Å². The maximum Gasteiger partial charge on any atom is 0.271 e. The largest absolute Gasteiger partial charge is 0.383 e. The number of aliphatic imine (C=N–C) groups is 1. The Kier molecular flexibility index (Phi) is 8.06. The summed E-state index contributed by atoms with van der Waals surface area (Å²) in [5.74, 6) is -0.734. The second kappa shape index (κ2) is 10.8. The van der Waals surface area contributed by atoms with Gasteiger partial charge in [0.2, 0.25) is 11.8 Å². The number of carbonyl (C=O) groups excluding carboxylic acids is 2. The van der Waals surface area contributed by atoms with Gasteiger partial charge in [0.25, 0.3) is 5.69 Å². The van der Waals surface area contributed by atoms with Gasteiger partial charge in [-0.1, -0.05) is 29.4 Å². The highest BCUT2D eigenvalue weighted by Crippen LogP contribution is 2.33. The summed E-state index contributed by atoms with van der Waals surface area (Å²) < 4.78 is 5.12. The molecule has 2 aromatic rings. The lowest BCUT2D eigenvalue weighted by molar-refractivity contribution is -0.384. The quantitative estimate of drug-likeness (QED) is 0.431. The lowest BCUT2D eigenvalue weighted by Gasteiger charge is -2.16. The van der Waals surface area contributed by atoms with Crippen LogP contribution in [0.2, 0.25) is 5.02 Å². The number of hydrogen-bond acceptors (Lipinski definition) is 7. The number of halogens is 1. The molecule has 0 radical (unpaired) electrons. The van der Waals surface area contributed by atoms with Crippen molar-refractivity contribution in [3.05, 3.63) is 62.7 Å². The van der Waals surface area contributed by atoms with E-state index in [9.17, 15) is 19.7 Å². The molecule has 1 fully saturated rings. The van der Waals surface area contributed by atoms with Gasteiger partial charge in [0.05, 0.1) is 34.5 Å². The van der Waals surface area contributed by atoms with E-state index in [1.165, 1.54) is 34.9 Å². The lowest BCUT2D eigenvalue weighted by atomic mass is 10.1. The first-order chi connectivity index (χ1) is 15.7. The number of thioether (sulfide) groups is 1. The minimum absolute atomic E-state index is 0.117. The summed E-state index contributed by atoms with van der Waals surface area (Å²) in [6.45, 7) is 4.62. The van der Waals surface area contributed by atoms with E-state index in [4.69, 9.17) is 16.3 Å². The standard InChI is InChI=1S/C22H23ClN4O5S/c1-13-4-5-15(10-14(13)2)24-22-26(8-9-32-3)21(29)19(33-22)12-20(28)25-18-11-16(27(30)31)6-7-17(18)23/h4-7,10-11,19H,8-9,12H2,1-3H3,(H,25,28). The third kappa shape index (κ3) is 6.10. The average molecular weight is 491 g/mol. The molecule has 0 bridgehead atoms. The number of hydrogen-bond donors (Lipinski definition) is 1. The van der Waals surface area contributed by atoms with Gasteiger partial charge in [-0.15, -0.1) is 0 Å². The number of nitro benzene ring substituents is 1. The van der Waals surface area contributed by atoms with Gasteiger partial charge in [-0.25, -0.2) is 4.99 Å². The van der Waals surface area contributed by atoms with Crippen molar-refractivity contribution in [1.29, 1.82) is 0 Å². The van der Waals surface area contributed by atoms with Crippen molar-refractivity contribution in [2.45, 2.75) is 25.5 Å². The number of anilines is 1. The summed E-state index contributed by atoms with van der Waals surface area (Å²) in [7, 11) is 1.54. The zero-order valence-electron chi connectivity index (χ0n) is 18.3. The number of amidine groups is 1. The molecule has 174 valence electrons. The Morgan fingerprint density at radius 2 is 2.03 bits per heavy atom. The number of non-ortho nitro benzene ring substituents is 1. The van der Waals surface area contributed by atoms with Crippen molar-refractivity contribution in [3.63, 3.8) is 0 Å². The van der Waals surface area contributed by atoms with Gasteiger partial charge in [0.15, 0.2) is 5.17 Å². The van der Waals surface area contributed by atoms with Crippen LogP contribution in [0.5, 0.6) is 0 Å². The van der Waals surface area contributed by atoms with E-state index in [1.807, 2.05) is 32.0 Å². The fourth-order valence-electron chi connectivity index (χ4n) is 3.11. The number of carbonyl (C=O) groups is 2. The highest BCUT2D eigenvalue weighted by molar-refractivity contribution is 8.15. The number of nitrogens with zero attached hydrogens (tertiary/aromatic N) is 3. The topological polar surface area (TPSA) is 114 Å². The van der Waals surface area contributed by atoms with E-state index in [2.05, 4.69) is 10.3 Å². The molecule has 3 rings (SSSR count). The minimum Gasteiger partial charge on any atom is -0.383 e. The van der Waals surface area contributed by atoms with Crippen molar-refractivity contribution in [2.75, 3.05) is 25.6 Å². The van der Waals surface area contributed by atoms with Crippen LogP contribution in [0.1, 0.15) is 17.5 Å². The third-order valence-electron chi connectivity index (χ3n) is 5.06. The van der Waals surface area contributed by atoms with Crippen LogP contribution in [-0.2, 0) is 14.3 Å². The predicted molar refractivity (Wildman–Crippen MR) is 129 cm³/mol. The van der Waals surface area contributed by atoms with Crippen LogP contribution >= 0.6 is 23.4 Å². The van der Waals surface area contributed by atoms with Crippen LogP contribution in [0.3, 0.4) is 0 Å². The third-order valence-corrected chi connectivity index (χ3v) is 6.56. The summed E-state index contributed by atoms with van der Waals surface area (Å²) in [6, 6.07) is 9.54. The zero-order valence-corrected chi connectivity index (χ0v) is 19.9. The minimum atomic E-state index is -0.690. The molecule has 33 heavy (non-hydrogen) atoms. The molecular formula is C22H23ClN4O5S. The molecule has 0 saturated carbocycles. The van der Waals surface area contributed by atoms with Crippen LogP contribution in [0.4, 0.5) is 17.1 Å². The molecule has 1 heterocycles. The molecule has 1 aliphatic rings. The van der Waals surface area contributed by atoms with Gasteiger partial charge < -0.3 is 10.1 Å². The Bertz CT molecular complexity index is 1120. The van der Waals surface area contributed by atoms with E-state index >= 15 is 0 Å². The second-order valence-electron chi connectivity index (χ2n) is 7.43. The highest BCUT2D eigenvalue weighted by Gasteiger charge is 2.39. The van der Waals surface area contributed by atoms with Crippen molar-refractivity contribution in [1.82, 2.24) is 4.90 Å². The summed E-state index contributed by atoms with van der Waals surface area (Å²) in [5, 5.41) is 13.5. The Morgan fingerprint density at radius 1 is 1.27 bits per heavy atom. The number of benzene rings is 2. The molecule has 1 atom stereocenters. The molecule has 9 nitrogen and oxygen atoms in total. The van der Waals surface area contributed by atoms with Crippen molar-refractivity contribution < 1.29 is 19.2 Å². The molecule has 0 aliphatic carbocycles. The maximum absolute atomic E-state index is 13.0. The normalized spacial score (nSPS) is 17.0. The predicted octanol–water partition coefficient (Wildman–Crippen LogP) is 4.47. The van der Waals surface area contributed by atoms with Crippen LogP contribution in [0.15, 0.2) is 41.4 Å². The number of nitrogens with one attached hydrogen (secondary N) is 1. The van der Waals surface area contributed by atoms with Crippen LogP contribution < -0.4 is 5.32 Å². The molecule has 0 aromatic heterocycles. The smallest absolute Gasteiger partial charge is 0.271 e. The Hall–Kier alpha value is -2.95. The van der Waals surface area contributed by atoms with E-state index in [0.717, 1.165) is 11.1 Å². The first-order valence-corrected chi connectivity index (χ1v) is 11.3. The molecular weight excluding hydrogens is 468 g/mol. The fraction of sp³-hybridized carbons (Fsp3) is 0.318. The Morgan fingerprint density at radius 3 is 2.70 bits per heavy atom. The number of amides is 2. The van der Waals surface area contributed by atoms with E-state index in [-0.39, 0.29) is 28.7 Å². The average Bonchev–Trinajstić information content (AvgIpc) is 3.04. The van der Waals surface area contributed by atoms with E-state index in [0.29, 0.717) is 24.0 Å². The number of rotatable bonds is 8. The molecule has 0 spiro atoms. The second-order valence-corrected chi connectivity index (χ2v) is 9.00. The molecule has 1 aliphatic heterocycles. The monoisotopic (exact) mass is 490 g/mol. The summed E-state index contributed by atoms with van der Waals surface area (Å²) in [4.78, 5) is 42.2. The molecule has 2 aromatic carbocycles. The summed E-state index contributed by atoms with van der Waals surface area (Å²) in [5.41, 5.74) is 2.85. The van der Waals surface area contributed by atoms with Crippen LogP contribution in [0, 0.1) is 24.0 Å². The molecule has 1 N–H and O–H groups in total. The number of ether oxygens (including phenoxy) is 1. The summed E-state index contributed by atoms with van der Waals surface area (Å²) >= 11 is 7.26. The molecule has 11 heteroatoms.